The minimum Gasteiger partial charge on any atom is -0.271 e. The summed E-state index contributed by atoms with van der Waals surface area (Å²) in [5.74, 6) is 0.834. The van der Waals surface area contributed by atoms with E-state index < -0.39 is 9.84 Å². The van der Waals surface area contributed by atoms with Crippen molar-refractivity contribution in [3.63, 3.8) is 0 Å². The molecule has 1 fully saturated rings. The first-order valence-electron chi connectivity index (χ1n) is 4.79. The van der Waals surface area contributed by atoms with E-state index in [1.54, 1.807) is 10.9 Å². The molecule has 15 heavy (non-hydrogen) atoms. The summed E-state index contributed by atoms with van der Waals surface area (Å²) in [7, 11) is -3.13. The quantitative estimate of drug-likeness (QED) is 0.806. The van der Waals surface area contributed by atoms with Gasteiger partial charge in [0.05, 0.1) is 6.20 Å². The molecular formula is C9H14N2O2S2. The fraction of sp³-hybridized carbons (Fsp3) is 0.667. The van der Waals surface area contributed by atoms with Crippen molar-refractivity contribution in [2.45, 2.75) is 24.3 Å². The van der Waals surface area contributed by atoms with Crippen LogP contribution in [-0.4, -0.2) is 30.2 Å². The summed E-state index contributed by atoms with van der Waals surface area (Å²) >= 11 is 4.30. The van der Waals surface area contributed by atoms with Crippen LogP contribution in [0.4, 0.5) is 0 Å². The highest BCUT2D eigenvalue weighted by atomic mass is 32.2. The first-order valence-corrected chi connectivity index (χ1v) is 7.31. The van der Waals surface area contributed by atoms with Crippen LogP contribution in [0, 0.1) is 5.41 Å². The molecule has 0 amide bonds. The number of hydrogen-bond donors (Lipinski definition) is 1. The third kappa shape index (κ3) is 2.36. The van der Waals surface area contributed by atoms with E-state index in [0.717, 1.165) is 25.1 Å². The van der Waals surface area contributed by atoms with Gasteiger partial charge in [0, 0.05) is 19.0 Å². The minimum atomic E-state index is -3.13. The largest absolute Gasteiger partial charge is 0.271 e. The van der Waals surface area contributed by atoms with Crippen LogP contribution >= 0.6 is 12.6 Å². The van der Waals surface area contributed by atoms with Gasteiger partial charge in [0.1, 0.15) is 4.90 Å². The highest BCUT2D eigenvalue weighted by Crippen LogP contribution is 2.47. The molecule has 1 saturated carbocycles. The van der Waals surface area contributed by atoms with E-state index in [1.165, 1.54) is 12.5 Å². The lowest BCUT2D eigenvalue weighted by Gasteiger charge is -2.10. The Balaban J connectivity index is 2.15. The number of rotatable bonds is 4. The van der Waals surface area contributed by atoms with E-state index in [9.17, 15) is 8.42 Å². The van der Waals surface area contributed by atoms with E-state index >= 15 is 0 Å². The van der Waals surface area contributed by atoms with E-state index in [0.29, 0.717) is 0 Å². The molecule has 0 saturated heterocycles. The van der Waals surface area contributed by atoms with Gasteiger partial charge in [-0.3, -0.25) is 4.68 Å². The van der Waals surface area contributed by atoms with Gasteiger partial charge in [0.25, 0.3) is 0 Å². The molecule has 0 spiro atoms. The van der Waals surface area contributed by atoms with Crippen LogP contribution in [0.5, 0.6) is 0 Å². The fourth-order valence-electron chi connectivity index (χ4n) is 1.51. The maximum absolute atomic E-state index is 11.2. The molecule has 0 bridgehead atoms. The van der Waals surface area contributed by atoms with E-state index in [4.69, 9.17) is 0 Å². The molecule has 1 heterocycles. The normalized spacial score (nSPS) is 19.1. The zero-order chi connectivity index (χ0) is 11.1. The Bertz CT molecular complexity index is 460. The smallest absolute Gasteiger partial charge is 0.178 e. The second kappa shape index (κ2) is 3.52. The molecule has 84 valence electrons. The Labute approximate surface area is 95.0 Å². The minimum absolute atomic E-state index is 0.254. The zero-order valence-electron chi connectivity index (χ0n) is 8.55. The standard InChI is InChI=1S/C9H14N2O2S2/c1-15(12,13)8-4-10-11(5-8)6-9(7-14)2-3-9/h4-5,14H,2-3,6-7H2,1H3. The first-order chi connectivity index (χ1) is 6.95. The second-order valence-electron chi connectivity index (χ2n) is 4.30. The molecule has 4 nitrogen and oxygen atoms in total. The van der Waals surface area contributed by atoms with Crippen molar-refractivity contribution < 1.29 is 8.42 Å². The van der Waals surface area contributed by atoms with Gasteiger partial charge in [-0.05, 0) is 24.0 Å². The van der Waals surface area contributed by atoms with Crippen LogP contribution in [0.2, 0.25) is 0 Å². The molecule has 1 aliphatic rings. The summed E-state index contributed by atoms with van der Waals surface area (Å²) in [6.07, 6.45) is 6.51. The zero-order valence-corrected chi connectivity index (χ0v) is 10.3. The summed E-state index contributed by atoms with van der Waals surface area (Å²) in [6.45, 7) is 0.770. The van der Waals surface area contributed by atoms with Crippen LogP contribution in [0.15, 0.2) is 17.3 Å². The van der Waals surface area contributed by atoms with Crippen molar-refractivity contribution >= 4 is 22.5 Å². The fourth-order valence-corrected chi connectivity index (χ4v) is 2.48. The molecule has 0 radical (unpaired) electrons. The SMILES string of the molecule is CS(=O)(=O)c1cnn(CC2(CS)CC2)c1. The maximum Gasteiger partial charge on any atom is 0.178 e. The highest BCUT2D eigenvalue weighted by molar-refractivity contribution is 7.90. The van der Waals surface area contributed by atoms with E-state index in [1.807, 2.05) is 0 Å². The predicted octanol–water partition coefficient (Wildman–Crippen LogP) is 0.997. The van der Waals surface area contributed by atoms with Gasteiger partial charge in [-0.15, -0.1) is 0 Å². The van der Waals surface area contributed by atoms with E-state index in [2.05, 4.69) is 17.7 Å². The Morgan fingerprint density at radius 1 is 1.60 bits per heavy atom. The third-order valence-electron chi connectivity index (χ3n) is 2.83. The lowest BCUT2D eigenvalue weighted by Crippen LogP contribution is -2.13. The van der Waals surface area contributed by atoms with E-state index in [-0.39, 0.29) is 10.3 Å². The van der Waals surface area contributed by atoms with Crippen molar-refractivity contribution in [2.75, 3.05) is 12.0 Å². The molecule has 0 aromatic carbocycles. The Kier molecular flexibility index (Phi) is 2.58. The molecule has 1 aliphatic carbocycles. The van der Waals surface area contributed by atoms with Gasteiger partial charge in [-0.1, -0.05) is 0 Å². The molecule has 1 aromatic heterocycles. The second-order valence-corrected chi connectivity index (χ2v) is 6.64. The number of hydrogen-bond acceptors (Lipinski definition) is 4. The summed E-state index contributed by atoms with van der Waals surface area (Å²) in [5, 5.41) is 4.06. The summed E-state index contributed by atoms with van der Waals surface area (Å²) in [4.78, 5) is 0.289. The number of thiol groups is 1. The van der Waals surface area contributed by atoms with Gasteiger partial charge in [0.15, 0.2) is 9.84 Å². The predicted molar refractivity (Wildman–Crippen MR) is 60.9 cm³/mol. The lowest BCUT2D eigenvalue weighted by atomic mass is 10.1. The van der Waals surface area contributed by atoms with Crippen LogP contribution in [-0.2, 0) is 16.4 Å². The summed E-state index contributed by atoms with van der Waals surface area (Å²) < 4.78 is 24.2. The summed E-state index contributed by atoms with van der Waals surface area (Å²) in [5.41, 5.74) is 0.254. The van der Waals surface area contributed by atoms with Crippen LogP contribution in [0.3, 0.4) is 0 Å². The Hall–Kier alpha value is -0.490. The van der Waals surface area contributed by atoms with Gasteiger partial charge in [-0.2, -0.15) is 17.7 Å². The molecule has 2 rings (SSSR count). The maximum atomic E-state index is 11.2. The Morgan fingerprint density at radius 2 is 2.27 bits per heavy atom. The van der Waals surface area contributed by atoms with Crippen molar-refractivity contribution in [3.8, 4) is 0 Å². The van der Waals surface area contributed by atoms with Crippen molar-refractivity contribution in [3.05, 3.63) is 12.4 Å². The molecule has 0 aliphatic heterocycles. The molecule has 6 heteroatoms. The van der Waals surface area contributed by atoms with Crippen molar-refractivity contribution in [1.29, 1.82) is 0 Å². The van der Waals surface area contributed by atoms with Gasteiger partial charge >= 0.3 is 0 Å². The van der Waals surface area contributed by atoms with Gasteiger partial charge in [0.2, 0.25) is 0 Å². The summed E-state index contributed by atoms with van der Waals surface area (Å²) in [6, 6.07) is 0. The topological polar surface area (TPSA) is 52.0 Å². The third-order valence-corrected chi connectivity index (χ3v) is 4.57. The monoisotopic (exact) mass is 246 g/mol. The first kappa shape index (κ1) is 11.0. The van der Waals surface area contributed by atoms with Crippen LogP contribution in [0.25, 0.3) is 0 Å². The average molecular weight is 246 g/mol. The van der Waals surface area contributed by atoms with Gasteiger partial charge in [-0.25, -0.2) is 8.42 Å². The van der Waals surface area contributed by atoms with Crippen molar-refractivity contribution in [2.24, 2.45) is 5.41 Å². The van der Waals surface area contributed by atoms with Gasteiger partial charge < -0.3 is 0 Å². The molecule has 0 N–H and O–H groups in total. The number of aromatic nitrogens is 2. The van der Waals surface area contributed by atoms with Crippen molar-refractivity contribution in [1.82, 2.24) is 9.78 Å². The van der Waals surface area contributed by atoms with Crippen LogP contribution in [0.1, 0.15) is 12.8 Å². The number of nitrogens with zero attached hydrogens (tertiary/aromatic N) is 2. The number of sulfone groups is 1. The molecule has 0 unspecified atom stereocenters. The molecule has 0 atom stereocenters. The van der Waals surface area contributed by atoms with Crippen LogP contribution < -0.4 is 0 Å². The Morgan fingerprint density at radius 3 is 2.67 bits per heavy atom. The highest BCUT2D eigenvalue weighted by Gasteiger charge is 2.41. The molecular weight excluding hydrogens is 232 g/mol. The molecule has 1 aromatic rings. The average Bonchev–Trinajstić information content (AvgIpc) is 2.73. The lowest BCUT2D eigenvalue weighted by molar-refractivity contribution is 0.440.